The summed E-state index contributed by atoms with van der Waals surface area (Å²) in [4.78, 5) is 18.0. The van der Waals surface area contributed by atoms with Gasteiger partial charge in [0.1, 0.15) is 11.0 Å². The lowest BCUT2D eigenvalue weighted by atomic mass is 10.2. The first-order valence-electron chi connectivity index (χ1n) is 10.5. The van der Waals surface area contributed by atoms with Crippen LogP contribution < -0.4 is 5.56 Å². The van der Waals surface area contributed by atoms with Crippen LogP contribution >= 0.6 is 11.6 Å². The Morgan fingerprint density at radius 3 is 2.52 bits per heavy atom. The van der Waals surface area contributed by atoms with Gasteiger partial charge >= 0.3 is 0 Å². The lowest BCUT2D eigenvalue weighted by Crippen LogP contribution is -2.22. The molecule has 0 saturated carbocycles. The molecule has 0 radical (unpaired) electrons. The SMILES string of the molecule is Cc1nn(C2CCS(=O)(=O)C2)c(Cl)c1C=Cc1nc2ccccc2c(=O)n1-c1ccccc1. The fourth-order valence-corrected chi connectivity index (χ4v) is 6.25. The summed E-state index contributed by atoms with van der Waals surface area (Å²) < 4.78 is 27.0. The molecule has 0 amide bonds. The zero-order valence-electron chi connectivity index (χ0n) is 17.8. The van der Waals surface area contributed by atoms with Crippen molar-refractivity contribution in [2.45, 2.75) is 19.4 Å². The van der Waals surface area contributed by atoms with Gasteiger partial charge in [-0.1, -0.05) is 41.9 Å². The Hall–Kier alpha value is -3.23. The molecule has 33 heavy (non-hydrogen) atoms. The van der Waals surface area contributed by atoms with Crippen LogP contribution in [0.15, 0.2) is 59.4 Å². The van der Waals surface area contributed by atoms with Crippen LogP contribution in [0.4, 0.5) is 0 Å². The van der Waals surface area contributed by atoms with Crippen molar-refractivity contribution in [2.24, 2.45) is 0 Å². The van der Waals surface area contributed by atoms with Crippen molar-refractivity contribution < 1.29 is 8.42 Å². The number of aromatic nitrogens is 4. The number of nitrogens with zero attached hydrogens (tertiary/aromatic N) is 4. The highest BCUT2D eigenvalue weighted by Gasteiger charge is 2.31. The molecule has 5 rings (SSSR count). The Bertz CT molecular complexity index is 1560. The Kier molecular flexibility index (Phi) is 5.42. The molecular weight excluding hydrogens is 460 g/mol. The van der Waals surface area contributed by atoms with E-state index in [4.69, 9.17) is 16.6 Å². The number of fused-ring (bicyclic) bond motifs is 1. The van der Waals surface area contributed by atoms with E-state index in [9.17, 15) is 13.2 Å². The topological polar surface area (TPSA) is 86.8 Å². The second-order valence-corrected chi connectivity index (χ2v) is 10.7. The van der Waals surface area contributed by atoms with Gasteiger partial charge in [-0.25, -0.2) is 18.1 Å². The third kappa shape index (κ3) is 4.00. The van der Waals surface area contributed by atoms with Gasteiger partial charge in [0.05, 0.1) is 39.8 Å². The minimum Gasteiger partial charge on any atom is -0.268 e. The molecule has 0 aliphatic carbocycles. The molecule has 1 saturated heterocycles. The van der Waals surface area contributed by atoms with Crippen LogP contribution in [-0.2, 0) is 9.84 Å². The average molecular weight is 481 g/mol. The highest BCUT2D eigenvalue weighted by atomic mass is 35.5. The summed E-state index contributed by atoms with van der Waals surface area (Å²) in [7, 11) is -3.07. The minimum atomic E-state index is -3.07. The summed E-state index contributed by atoms with van der Waals surface area (Å²) in [6.45, 7) is 1.82. The lowest BCUT2D eigenvalue weighted by Gasteiger charge is -2.11. The normalized spacial score (nSPS) is 17.8. The molecule has 2 aromatic carbocycles. The van der Waals surface area contributed by atoms with Crippen molar-refractivity contribution in [3.8, 4) is 5.69 Å². The number of halogens is 1. The molecular formula is C24H21ClN4O3S. The molecule has 1 aliphatic rings. The lowest BCUT2D eigenvalue weighted by molar-refractivity contribution is 0.497. The van der Waals surface area contributed by atoms with Crippen molar-refractivity contribution in [1.29, 1.82) is 0 Å². The van der Waals surface area contributed by atoms with E-state index >= 15 is 0 Å². The molecule has 3 heterocycles. The summed E-state index contributed by atoms with van der Waals surface area (Å²) >= 11 is 6.62. The van der Waals surface area contributed by atoms with Gasteiger partial charge in [0.15, 0.2) is 9.84 Å². The predicted octanol–water partition coefficient (Wildman–Crippen LogP) is 4.07. The molecule has 0 spiro atoms. The summed E-state index contributed by atoms with van der Waals surface area (Å²) in [6, 6.07) is 16.3. The number of benzene rings is 2. The van der Waals surface area contributed by atoms with E-state index in [1.807, 2.05) is 49.4 Å². The maximum Gasteiger partial charge on any atom is 0.266 e. The van der Waals surface area contributed by atoms with Crippen molar-refractivity contribution >= 4 is 44.5 Å². The van der Waals surface area contributed by atoms with Crippen LogP contribution in [0, 0.1) is 6.92 Å². The van der Waals surface area contributed by atoms with E-state index in [1.165, 1.54) is 0 Å². The number of para-hydroxylation sites is 2. The minimum absolute atomic E-state index is 0.0385. The van der Waals surface area contributed by atoms with Gasteiger partial charge in [-0.15, -0.1) is 0 Å². The van der Waals surface area contributed by atoms with Crippen molar-refractivity contribution in [3.05, 3.63) is 87.2 Å². The van der Waals surface area contributed by atoms with Crippen molar-refractivity contribution in [2.75, 3.05) is 11.5 Å². The van der Waals surface area contributed by atoms with E-state index in [0.717, 1.165) is 0 Å². The van der Waals surface area contributed by atoms with Gasteiger partial charge in [0.25, 0.3) is 5.56 Å². The fraction of sp³-hybridized carbons (Fsp3) is 0.208. The molecule has 0 N–H and O–H groups in total. The zero-order valence-corrected chi connectivity index (χ0v) is 19.4. The molecule has 1 unspecified atom stereocenters. The van der Waals surface area contributed by atoms with Crippen LogP contribution in [0.1, 0.15) is 29.5 Å². The van der Waals surface area contributed by atoms with Gasteiger partial charge in [-0.3, -0.25) is 9.36 Å². The average Bonchev–Trinajstić information content (AvgIpc) is 3.30. The van der Waals surface area contributed by atoms with Gasteiger partial charge in [0, 0.05) is 5.56 Å². The standard InChI is InChI=1S/C24H21ClN4O3S/c1-16-19(23(25)29(27-16)18-13-14-33(31,32)15-18)11-12-22-26-21-10-6-5-9-20(21)24(30)28(22)17-7-3-2-4-8-17/h2-12,18H,13-15H2,1H3. The maximum atomic E-state index is 13.3. The second-order valence-electron chi connectivity index (χ2n) is 8.09. The van der Waals surface area contributed by atoms with E-state index in [1.54, 1.807) is 33.5 Å². The summed E-state index contributed by atoms with van der Waals surface area (Å²) in [5, 5.41) is 5.40. The molecule has 7 nitrogen and oxygen atoms in total. The van der Waals surface area contributed by atoms with Gasteiger partial charge < -0.3 is 0 Å². The van der Waals surface area contributed by atoms with Gasteiger partial charge in [-0.2, -0.15) is 5.10 Å². The smallest absolute Gasteiger partial charge is 0.266 e. The van der Waals surface area contributed by atoms with E-state index in [2.05, 4.69) is 5.10 Å². The Balaban J connectivity index is 1.62. The number of sulfone groups is 1. The molecule has 1 fully saturated rings. The van der Waals surface area contributed by atoms with E-state index < -0.39 is 9.84 Å². The Morgan fingerprint density at radius 2 is 1.79 bits per heavy atom. The fourth-order valence-electron chi connectivity index (χ4n) is 4.18. The maximum absolute atomic E-state index is 13.3. The quantitative estimate of drug-likeness (QED) is 0.439. The van der Waals surface area contributed by atoms with Crippen LogP contribution in [0.3, 0.4) is 0 Å². The van der Waals surface area contributed by atoms with Crippen LogP contribution in [0.5, 0.6) is 0 Å². The monoisotopic (exact) mass is 480 g/mol. The van der Waals surface area contributed by atoms with Crippen LogP contribution in [-0.4, -0.2) is 39.3 Å². The largest absolute Gasteiger partial charge is 0.268 e. The molecule has 4 aromatic rings. The van der Waals surface area contributed by atoms with Crippen LogP contribution in [0.2, 0.25) is 5.15 Å². The molecule has 1 aliphatic heterocycles. The molecule has 168 valence electrons. The van der Waals surface area contributed by atoms with E-state index in [-0.39, 0.29) is 23.1 Å². The zero-order chi connectivity index (χ0) is 23.2. The molecule has 1 atom stereocenters. The molecule has 2 aromatic heterocycles. The number of hydrogen-bond acceptors (Lipinski definition) is 5. The summed E-state index contributed by atoms with van der Waals surface area (Å²) in [5.41, 5.74) is 2.48. The predicted molar refractivity (Wildman–Crippen MR) is 131 cm³/mol. The first-order valence-corrected chi connectivity index (χ1v) is 12.7. The Morgan fingerprint density at radius 1 is 1.06 bits per heavy atom. The third-order valence-electron chi connectivity index (χ3n) is 5.84. The number of aryl methyl sites for hydroxylation is 1. The third-order valence-corrected chi connectivity index (χ3v) is 7.97. The highest BCUT2D eigenvalue weighted by molar-refractivity contribution is 7.91. The van der Waals surface area contributed by atoms with Crippen molar-refractivity contribution in [3.63, 3.8) is 0 Å². The first kappa shape index (κ1) is 21.6. The highest BCUT2D eigenvalue weighted by Crippen LogP contribution is 2.31. The summed E-state index contributed by atoms with van der Waals surface area (Å²) in [6.07, 6.45) is 4.01. The van der Waals surface area contributed by atoms with Gasteiger partial charge in [0.2, 0.25) is 0 Å². The molecule has 9 heteroatoms. The Labute approximate surface area is 195 Å². The van der Waals surface area contributed by atoms with E-state index in [0.29, 0.717) is 45.2 Å². The molecule has 0 bridgehead atoms. The number of hydrogen-bond donors (Lipinski definition) is 0. The van der Waals surface area contributed by atoms with Crippen LogP contribution in [0.25, 0.3) is 28.7 Å². The summed E-state index contributed by atoms with van der Waals surface area (Å²) in [5.74, 6) is 0.635. The second kappa shape index (κ2) is 8.28. The van der Waals surface area contributed by atoms with Crippen molar-refractivity contribution in [1.82, 2.24) is 19.3 Å². The van der Waals surface area contributed by atoms with Gasteiger partial charge in [-0.05, 0) is 49.8 Å². The number of rotatable bonds is 4. The first-order chi connectivity index (χ1) is 15.8.